The number of hydrogen-bond donors (Lipinski definition) is 2. The van der Waals surface area contributed by atoms with E-state index in [0.717, 1.165) is 32.1 Å². The van der Waals surface area contributed by atoms with Gasteiger partial charge in [0, 0.05) is 32.7 Å². The molecule has 1 fully saturated rings. The van der Waals surface area contributed by atoms with Gasteiger partial charge in [0.05, 0.1) is 19.3 Å². The molecule has 5 nitrogen and oxygen atoms in total. The zero-order chi connectivity index (χ0) is 19.7. The number of rotatable bonds is 7. The first-order chi connectivity index (χ1) is 12.9. The number of nitrogens with one attached hydrogen (secondary N) is 2. The molecule has 1 aliphatic heterocycles. The van der Waals surface area contributed by atoms with Gasteiger partial charge in [0.1, 0.15) is 0 Å². The molecule has 1 aliphatic rings. The van der Waals surface area contributed by atoms with Crippen LogP contribution in [-0.4, -0.2) is 38.9 Å². The monoisotopic (exact) mass is 375 g/mol. The van der Waals surface area contributed by atoms with Gasteiger partial charge in [0.25, 0.3) is 0 Å². The summed E-state index contributed by atoms with van der Waals surface area (Å²) in [6.07, 6.45) is 2.62. The molecule has 2 atom stereocenters. The van der Waals surface area contributed by atoms with Gasteiger partial charge in [-0.05, 0) is 36.3 Å². The lowest BCUT2D eigenvalue weighted by Crippen LogP contribution is -2.47. The van der Waals surface area contributed by atoms with E-state index in [-0.39, 0.29) is 11.5 Å². The fourth-order valence-corrected chi connectivity index (χ4v) is 3.73. The van der Waals surface area contributed by atoms with Crippen LogP contribution in [0.1, 0.15) is 51.7 Å². The maximum Gasteiger partial charge on any atom is 0.191 e. The number of guanidine groups is 1. The summed E-state index contributed by atoms with van der Waals surface area (Å²) in [5, 5.41) is 6.90. The van der Waals surface area contributed by atoms with Gasteiger partial charge in [-0.3, -0.25) is 0 Å². The molecule has 1 aromatic carbocycles. The molecular weight excluding hydrogens is 338 g/mol. The molecule has 0 bridgehead atoms. The number of methoxy groups -OCH3 is 1. The highest BCUT2D eigenvalue weighted by atomic mass is 16.5. The van der Waals surface area contributed by atoms with Crippen LogP contribution in [0, 0.1) is 11.3 Å². The first kappa shape index (κ1) is 21.7. The van der Waals surface area contributed by atoms with E-state index in [1.54, 1.807) is 7.11 Å². The molecule has 2 unspecified atom stereocenters. The summed E-state index contributed by atoms with van der Waals surface area (Å²) in [4.78, 5) is 4.77. The zero-order valence-corrected chi connectivity index (χ0v) is 17.7. The van der Waals surface area contributed by atoms with E-state index in [1.807, 2.05) is 0 Å². The Morgan fingerprint density at radius 3 is 2.74 bits per heavy atom. The molecular formula is C22H37N3O2. The Morgan fingerprint density at radius 2 is 2.04 bits per heavy atom. The van der Waals surface area contributed by atoms with Crippen LogP contribution in [0.15, 0.2) is 29.3 Å². The van der Waals surface area contributed by atoms with Crippen molar-refractivity contribution in [1.82, 2.24) is 10.6 Å². The van der Waals surface area contributed by atoms with Crippen molar-refractivity contribution in [3.05, 3.63) is 35.4 Å². The molecule has 1 aromatic rings. The van der Waals surface area contributed by atoms with Crippen molar-refractivity contribution in [2.75, 3.05) is 26.8 Å². The second-order valence-corrected chi connectivity index (χ2v) is 8.39. The quantitative estimate of drug-likeness (QED) is 0.563. The lowest BCUT2D eigenvalue weighted by Gasteiger charge is -2.40. The summed E-state index contributed by atoms with van der Waals surface area (Å²) in [5.74, 6) is 1.38. The smallest absolute Gasteiger partial charge is 0.191 e. The van der Waals surface area contributed by atoms with Crippen LogP contribution in [0.25, 0.3) is 0 Å². The third-order valence-corrected chi connectivity index (χ3v) is 4.90. The standard InChI is InChI=1S/C22H37N3O2/c1-6-23-21(24-14-17-9-7-10-18(13-17)16-26-5)25-15-19-11-8-12-27-20(19)22(2,3)4/h7,9-10,13,19-20H,6,8,11-12,14-16H2,1-5H3,(H2,23,24,25). The van der Waals surface area contributed by atoms with Crippen LogP contribution >= 0.6 is 0 Å². The number of nitrogens with zero attached hydrogens (tertiary/aromatic N) is 1. The first-order valence-electron chi connectivity index (χ1n) is 10.1. The van der Waals surface area contributed by atoms with Crippen LogP contribution < -0.4 is 10.6 Å². The minimum atomic E-state index is 0.157. The maximum atomic E-state index is 6.10. The molecule has 5 heteroatoms. The Morgan fingerprint density at radius 1 is 1.26 bits per heavy atom. The third kappa shape index (κ3) is 7.15. The minimum absolute atomic E-state index is 0.157. The van der Waals surface area contributed by atoms with Crippen LogP contribution in [-0.2, 0) is 22.6 Å². The average Bonchev–Trinajstić information content (AvgIpc) is 2.64. The molecule has 0 spiro atoms. The normalized spacial score (nSPS) is 21.1. The van der Waals surface area contributed by atoms with Crippen molar-refractivity contribution in [3.8, 4) is 0 Å². The predicted molar refractivity (Wildman–Crippen MR) is 112 cm³/mol. The summed E-state index contributed by atoms with van der Waals surface area (Å²) >= 11 is 0. The summed E-state index contributed by atoms with van der Waals surface area (Å²) in [6, 6.07) is 8.40. The van der Waals surface area contributed by atoms with Crippen LogP contribution in [0.2, 0.25) is 0 Å². The Bertz CT molecular complexity index is 595. The molecule has 152 valence electrons. The van der Waals surface area contributed by atoms with Crippen molar-refractivity contribution in [2.24, 2.45) is 16.3 Å². The van der Waals surface area contributed by atoms with Crippen molar-refractivity contribution in [1.29, 1.82) is 0 Å². The largest absolute Gasteiger partial charge is 0.380 e. The van der Waals surface area contributed by atoms with Gasteiger partial charge in [-0.25, -0.2) is 4.99 Å². The molecule has 0 aromatic heterocycles. The highest BCUT2D eigenvalue weighted by molar-refractivity contribution is 5.79. The Kier molecular flexibility index (Phi) is 8.58. The van der Waals surface area contributed by atoms with Gasteiger partial charge in [0.15, 0.2) is 5.96 Å². The third-order valence-electron chi connectivity index (χ3n) is 4.90. The Hall–Kier alpha value is -1.59. The number of hydrogen-bond acceptors (Lipinski definition) is 3. The second-order valence-electron chi connectivity index (χ2n) is 8.39. The van der Waals surface area contributed by atoms with Crippen molar-refractivity contribution < 1.29 is 9.47 Å². The van der Waals surface area contributed by atoms with Crippen LogP contribution in [0.5, 0.6) is 0 Å². The van der Waals surface area contributed by atoms with E-state index in [2.05, 4.69) is 62.6 Å². The number of benzene rings is 1. The van der Waals surface area contributed by atoms with Crippen LogP contribution in [0.4, 0.5) is 0 Å². The van der Waals surface area contributed by atoms with Crippen molar-refractivity contribution in [3.63, 3.8) is 0 Å². The van der Waals surface area contributed by atoms with Gasteiger partial charge in [-0.15, -0.1) is 0 Å². The van der Waals surface area contributed by atoms with E-state index in [9.17, 15) is 0 Å². The first-order valence-corrected chi connectivity index (χ1v) is 10.1. The predicted octanol–water partition coefficient (Wildman–Crippen LogP) is 3.73. The highest BCUT2D eigenvalue weighted by Gasteiger charge is 2.35. The molecule has 2 rings (SSSR count). The molecule has 2 N–H and O–H groups in total. The van der Waals surface area contributed by atoms with Gasteiger partial charge in [0.2, 0.25) is 0 Å². The fourth-order valence-electron chi connectivity index (χ4n) is 3.73. The van der Waals surface area contributed by atoms with E-state index in [1.165, 1.54) is 17.5 Å². The molecule has 0 amide bonds. The lowest BCUT2D eigenvalue weighted by atomic mass is 9.78. The number of aliphatic imine (C=N–C) groups is 1. The van der Waals surface area contributed by atoms with Gasteiger partial charge in [-0.2, -0.15) is 0 Å². The van der Waals surface area contributed by atoms with E-state index in [0.29, 0.717) is 19.1 Å². The lowest BCUT2D eigenvalue weighted by molar-refractivity contribution is -0.0835. The van der Waals surface area contributed by atoms with Gasteiger partial charge >= 0.3 is 0 Å². The molecule has 1 heterocycles. The van der Waals surface area contributed by atoms with Crippen molar-refractivity contribution in [2.45, 2.75) is 59.8 Å². The SMILES string of the molecule is CCNC(=NCc1cccc(COC)c1)NCC1CCCOC1C(C)(C)C. The number of ether oxygens (including phenoxy) is 2. The van der Waals surface area contributed by atoms with E-state index in [4.69, 9.17) is 14.5 Å². The van der Waals surface area contributed by atoms with Crippen LogP contribution in [0.3, 0.4) is 0 Å². The molecule has 0 saturated carbocycles. The average molecular weight is 376 g/mol. The molecule has 27 heavy (non-hydrogen) atoms. The van der Waals surface area contributed by atoms with E-state index >= 15 is 0 Å². The zero-order valence-electron chi connectivity index (χ0n) is 17.7. The topological polar surface area (TPSA) is 54.9 Å². The molecule has 1 saturated heterocycles. The van der Waals surface area contributed by atoms with Gasteiger partial charge in [-0.1, -0.05) is 45.0 Å². The molecule has 0 radical (unpaired) electrons. The summed E-state index contributed by atoms with van der Waals surface area (Å²) in [5.41, 5.74) is 2.52. The summed E-state index contributed by atoms with van der Waals surface area (Å²) in [6.45, 7) is 12.8. The second kappa shape index (κ2) is 10.7. The van der Waals surface area contributed by atoms with E-state index < -0.39 is 0 Å². The fraction of sp³-hybridized carbons (Fsp3) is 0.682. The highest BCUT2D eigenvalue weighted by Crippen LogP contribution is 2.33. The van der Waals surface area contributed by atoms with Crippen molar-refractivity contribution >= 4 is 5.96 Å². The van der Waals surface area contributed by atoms with Gasteiger partial charge < -0.3 is 20.1 Å². The maximum absolute atomic E-state index is 6.10. The Labute approximate surface area is 164 Å². The summed E-state index contributed by atoms with van der Waals surface area (Å²) < 4.78 is 11.3. The Balaban J connectivity index is 1.97. The minimum Gasteiger partial charge on any atom is -0.380 e. The molecule has 0 aliphatic carbocycles. The summed E-state index contributed by atoms with van der Waals surface area (Å²) in [7, 11) is 1.72.